The molecule has 0 radical (unpaired) electrons. The molecule has 1 unspecified atom stereocenters. The second kappa shape index (κ2) is 5.68. The molecule has 0 saturated carbocycles. The largest absolute Gasteiger partial charge is 0.469 e. The molecule has 0 saturated heterocycles. The van der Waals surface area contributed by atoms with Gasteiger partial charge in [0.25, 0.3) is 5.56 Å². The molecule has 1 N–H and O–H groups in total. The Hall–Kier alpha value is -3.13. The molecule has 136 valence electrons. The van der Waals surface area contributed by atoms with Crippen molar-refractivity contribution in [1.29, 1.82) is 0 Å². The lowest BCUT2D eigenvalue weighted by Gasteiger charge is -2.13. The second-order valence-corrected chi connectivity index (χ2v) is 7.69. The van der Waals surface area contributed by atoms with Crippen LogP contribution in [0.2, 0.25) is 0 Å². The molecule has 0 aliphatic carbocycles. The monoisotopic (exact) mass is 379 g/mol. The molecule has 0 amide bonds. The Morgan fingerprint density at radius 1 is 1.26 bits per heavy atom. The van der Waals surface area contributed by atoms with Gasteiger partial charge in [0.15, 0.2) is 6.23 Å². The van der Waals surface area contributed by atoms with Crippen LogP contribution >= 0.6 is 11.3 Å². The number of hydrogen-bond donors (Lipinski definition) is 1. The lowest BCUT2D eigenvalue weighted by atomic mass is 10.2. The van der Waals surface area contributed by atoms with Crippen molar-refractivity contribution < 1.29 is 4.74 Å². The van der Waals surface area contributed by atoms with Crippen LogP contribution in [0.5, 0.6) is 5.75 Å². The molecular weight excluding hydrogens is 362 g/mol. The van der Waals surface area contributed by atoms with E-state index in [1.807, 2.05) is 50.2 Å². The summed E-state index contributed by atoms with van der Waals surface area (Å²) in [5, 5.41) is 4.14. The SMILES string of the molecule is CC1Nc2ccc(-n3cnc4c(sc5nccc(N(C)C)c54)c3=O)cc2O1. The number of benzene rings is 1. The maximum atomic E-state index is 13.2. The second-order valence-electron chi connectivity index (χ2n) is 6.69. The van der Waals surface area contributed by atoms with Crippen LogP contribution in [0.4, 0.5) is 11.4 Å². The Labute approximate surface area is 158 Å². The number of nitrogens with one attached hydrogen (secondary N) is 1. The maximum absolute atomic E-state index is 13.2. The quantitative estimate of drug-likeness (QED) is 0.577. The summed E-state index contributed by atoms with van der Waals surface area (Å²) in [5.74, 6) is 0.736. The van der Waals surface area contributed by atoms with E-state index in [4.69, 9.17) is 4.74 Å². The number of fused-ring (bicyclic) bond motifs is 4. The molecule has 1 atom stereocenters. The number of anilines is 2. The van der Waals surface area contributed by atoms with Crippen LogP contribution in [-0.2, 0) is 0 Å². The highest BCUT2D eigenvalue weighted by atomic mass is 32.1. The molecule has 4 aromatic rings. The fraction of sp³-hybridized carbons (Fsp3) is 0.211. The minimum Gasteiger partial charge on any atom is -0.469 e. The minimum absolute atomic E-state index is 0.0781. The van der Waals surface area contributed by atoms with Gasteiger partial charge in [-0.2, -0.15) is 0 Å². The first kappa shape index (κ1) is 16.1. The summed E-state index contributed by atoms with van der Waals surface area (Å²) < 4.78 is 7.88. The first-order valence-electron chi connectivity index (χ1n) is 8.57. The van der Waals surface area contributed by atoms with E-state index in [1.165, 1.54) is 11.3 Å². The van der Waals surface area contributed by atoms with E-state index in [2.05, 4.69) is 15.3 Å². The normalized spacial score (nSPS) is 15.6. The molecule has 5 rings (SSSR count). The summed E-state index contributed by atoms with van der Waals surface area (Å²) in [7, 11) is 3.94. The Kier molecular flexibility index (Phi) is 3.38. The van der Waals surface area contributed by atoms with Gasteiger partial charge in [-0.15, -0.1) is 11.3 Å². The van der Waals surface area contributed by atoms with Gasteiger partial charge in [0.1, 0.15) is 21.6 Å². The summed E-state index contributed by atoms with van der Waals surface area (Å²) in [4.78, 5) is 25.0. The van der Waals surface area contributed by atoms with E-state index in [9.17, 15) is 4.79 Å². The van der Waals surface area contributed by atoms with Gasteiger partial charge < -0.3 is 15.0 Å². The predicted octanol–water partition coefficient (Wildman–Crippen LogP) is 3.21. The lowest BCUT2D eigenvalue weighted by molar-refractivity contribution is 0.275. The molecule has 1 aromatic carbocycles. The van der Waals surface area contributed by atoms with Crippen LogP contribution in [-0.4, -0.2) is 34.9 Å². The van der Waals surface area contributed by atoms with Gasteiger partial charge in [0.05, 0.1) is 28.0 Å². The fourth-order valence-electron chi connectivity index (χ4n) is 3.41. The number of hydrogen-bond acceptors (Lipinski definition) is 7. The highest BCUT2D eigenvalue weighted by Gasteiger charge is 2.20. The number of thiophene rings is 1. The van der Waals surface area contributed by atoms with Crippen molar-refractivity contribution >= 4 is 43.1 Å². The van der Waals surface area contributed by atoms with Gasteiger partial charge in [0, 0.05) is 26.4 Å². The van der Waals surface area contributed by atoms with Gasteiger partial charge in [-0.05, 0) is 25.1 Å². The van der Waals surface area contributed by atoms with Crippen LogP contribution in [0.1, 0.15) is 6.92 Å². The van der Waals surface area contributed by atoms with Crippen molar-refractivity contribution in [3.8, 4) is 11.4 Å². The van der Waals surface area contributed by atoms with Gasteiger partial charge >= 0.3 is 0 Å². The Morgan fingerprint density at radius 3 is 2.93 bits per heavy atom. The summed E-state index contributed by atoms with van der Waals surface area (Å²) in [6.45, 7) is 1.94. The summed E-state index contributed by atoms with van der Waals surface area (Å²) in [5.41, 5.74) is 3.24. The summed E-state index contributed by atoms with van der Waals surface area (Å²) in [6, 6.07) is 7.60. The number of rotatable bonds is 2. The number of pyridine rings is 1. The van der Waals surface area contributed by atoms with Crippen LogP contribution in [0.3, 0.4) is 0 Å². The van der Waals surface area contributed by atoms with E-state index in [1.54, 1.807) is 17.1 Å². The third-order valence-corrected chi connectivity index (χ3v) is 5.72. The number of aromatic nitrogens is 3. The molecule has 0 spiro atoms. The first-order chi connectivity index (χ1) is 13.0. The van der Waals surface area contributed by atoms with Crippen LogP contribution in [0.25, 0.3) is 26.1 Å². The summed E-state index contributed by atoms with van der Waals surface area (Å²) in [6.07, 6.45) is 3.26. The molecular formula is C19H17N5O2S. The Balaban J connectivity index is 1.73. The van der Waals surface area contributed by atoms with Crippen LogP contribution in [0.15, 0.2) is 41.6 Å². The van der Waals surface area contributed by atoms with Crippen molar-refractivity contribution in [3.05, 3.63) is 47.1 Å². The standard InChI is InChI=1S/C19H17N5O2S/c1-10-22-12-5-4-11(8-14(12)26-10)24-9-21-16-15-13(23(2)3)6-7-20-18(15)27-17(16)19(24)25/h4-10,22H,1-3H3. The van der Waals surface area contributed by atoms with Crippen LogP contribution in [0, 0.1) is 0 Å². The Morgan fingerprint density at radius 2 is 2.11 bits per heavy atom. The van der Waals surface area contributed by atoms with Gasteiger partial charge in [-0.25, -0.2) is 9.97 Å². The summed E-state index contributed by atoms with van der Waals surface area (Å²) >= 11 is 1.38. The zero-order valence-electron chi connectivity index (χ0n) is 15.1. The van der Waals surface area contributed by atoms with Crippen molar-refractivity contribution in [2.24, 2.45) is 0 Å². The average molecular weight is 379 g/mol. The molecule has 0 bridgehead atoms. The molecule has 1 aliphatic heterocycles. The average Bonchev–Trinajstić information content (AvgIpc) is 3.21. The predicted molar refractivity (Wildman–Crippen MR) is 109 cm³/mol. The van der Waals surface area contributed by atoms with E-state index >= 15 is 0 Å². The van der Waals surface area contributed by atoms with E-state index in [-0.39, 0.29) is 11.8 Å². The van der Waals surface area contributed by atoms with Gasteiger partial charge in [-0.3, -0.25) is 9.36 Å². The highest BCUT2D eigenvalue weighted by Crippen LogP contribution is 2.36. The van der Waals surface area contributed by atoms with Crippen molar-refractivity contribution in [2.75, 3.05) is 24.3 Å². The van der Waals surface area contributed by atoms with Crippen molar-refractivity contribution in [2.45, 2.75) is 13.2 Å². The third kappa shape index (κ3) is 2.37. The zero-order valence-corrected chi connectivity index (χ0v) is 15.9. The number of ether oxygens (including phenoxy) is 1. The van der Waals surface area contributed by atoms with Crippen molar-refractivity contribution in [1.82, 2.24) is 14.5 Å². The first-order valence-corrected chi connectivity index (χ1v) is 9.38. The topological polar surface area (TPSA) is 72.3 Å². The van der Waals surface area contributed by atoms with Crippen LogP contribution < -0.4 is 20.5 Å². The lowest BCUT2D eigenvalue weighted by Crippen LogP contribution is -2.17. The van der Waals surface area contributed by atoms with Crippen molar-refractivity contribution in [3.63, 3.8) is 0 Å². The fourth-order valence-corrected chi connectivity index (χ4v) is 4.46. The Bertz CT molecular complexity index is 1260. The number of nitrogens with zero attached hydrogens (tertiary/aromatic N) is 4. The molecule has 8 heteroatoms. The van der Waals surface area contributed by atoms with Gasteiger partial charge in [-0.1, -0.05) is 0 Å². The highest BCUT2D eigenvalue weighted by molar-refractivity contribution is 7.25. The minimum atomic E-state index is -0.105. The maximum Gasteiger partial charge on any atom is 0.275 e. The molecule has 3 aromatic heterocycles. The molecule has 1 aliphatic rings. The van der Waals surface area contributed by atoms with E-state index < -0.39 is 0 Å². The van der Waals surface area contributed by atoms with E-state index in [0.29, 0.717) is 10.2 Å². The third-order valence-electron chi connectivity index (χ3n) is 4.65. The van der Waals surface area contributed by atoms with Gasteiger partial charge in [0.2, 0.25) is 0 Å². The smallest absolute Gasteiger partial charge is 0.275 e. The zero-order chi connectivity index (χ0) is 18.7. The molecule has 27 heavy (non-hydrogen) atoms. The van der Waals surface area contributed by atoms with E-state index in [0.717, 1.165) is 33.0 Å². The molecule has 0 fully saturated rings. The molecule has 7 nitrogen and oxygen atoms in total. The molecule has 4 heterocycles.